The molecule has 0 aliphatic heterocycles. The Hall–Kier alpha value is -0.650. The van der Waals surface area contributed by atoms with Crippen LogP contribution in [-0.2, 0) is 0 Å². The van der Waals surface area contributed by atoms with E-state index in [0.29, 0.717) is 14.8 Å². The van der Waals surface area contributed by atoms with Gasteiger partial charge in [-0.15, -0.1) is 11.3 Å². The van der Waals surface area contributed by atoms with E-state index in [1.54, 1.807) is 18.2 Å². The molecule has 1 heterocycles. The molecule has 1 aromatic heterocycles. The molecular formula is C13H12Cl2FNOS. The van der Waals surface area contributed by atoms with E-state index in [9.17, 15) is 9.50 Å². The lowest BCUT2D eigenvalue weighted by molar-refractivity contribution is 0.151. The van der Waals surface area contributed by atoms with E-state index in [1.165, 1.54) is 23.5 Å². The maximum absolute atomic E-state index is 13.0. The highest BCUT2D eigenvalue weighted by atomic mass is 35.5. The normalized spacial score (nSPS) is 14.4. The van der Waals surface area contributed by atoms with Gasteiger partial charge in [-0.1, -0.05) is 29.3 Å². The molecule has 19 heavy (non-hydrogen) atoms. The molecule has 0 aliphatic rings. The molecule has 0 fully saturated rings. The van der Waals surface area contributed by atoms with Gasteiger partial charge >= 0.3 is 0 Å². The lowest BCUT2D eigenvalue weighted by Gasteiger charge is -2.22. The third-order valence-corrected chi connectivity index (χ3v) is 4.51. The van der Waals surface area contributed by atoms with Gasteiger partial charge in [0.15, 0.2) is 0 Å². The summed E-state index contributed by atoms with van der Waals surface area (Å²) in [6, 6.07) is 7.53. The summed E-state index contributed by atoms with van der Waals surface area (Å²) in [4.78, 5) is 0.709. The van der Waals surface area contributed by atoms with Gasteiger partial charge in [0.25, 0.3) is 0 Å². The highest BCUT2D eigenvalue weighted by Crippen LogP contribution is 2.38. The van der Waals surface area contributed by atoms with E-state index in [0.717, 1.165) is 0 Å². The Morgan fingerprint density at radius 3 is 2.53 bits per heavy atom. The van der Waals surface area contributed by atoms with E-state index in [2.05, 4.69) is 0 Å². The molecule has 0 amide bonds. The zero-order valence-corrected chi connectivity index (χ0v) is 12.1. The molecule has 0 radical (unpaired) electrons. The average Bonchev–Trinajstić information content (AvgIpc) is 2.79. The van der Waals surface area contributed by atoms with Gasteiger partial charge in [-0.3, -0.25) is 0 Å². The molecular weight excluding hydrogens is 308 g/mol. The molecule has 2 unspecified atom stereocenters. The first-order valence-corrected chi connectivity index (χ1v) is 7.18. The van der Waals surface area contributed by atoms with Crippen LogP contribution in [0.4, 0.5) is 4.39 Å². The second kappa shape index (κ2) is 6.20. The molecule has 0 spiro atoms. The Balaban J connectivity index is 2.33. The Bertz CT molecular complexity index is 576. The fraction of sp³-hybridized carbons (Fsp3) is 0.231. The van der Waals surface area contributed by atoms with Crippen molar-refractivity contribution in [2.45, 2.75) is 12.0 Å². The van der Waals surface area contributed by atoms with Crippen LogP contribution in [0.3, 0.4) is 0 Å². The Morgan fingerprint density at radius 2 is 2.00 bits per heavy atom. The molecule has 1 aromatic carbocycles. The first kappa shape index (κ1) is 14.8. The molecule has 2 nitrogen and oxygen atoms in total. The number of aliphatic hydroxyl groups excluding tert-OH is 1. The molecule has 2 aromatic rings. The summed E-state index contributed by atoms with van der Waals surface area (Å²) in [5, 5.41) is 10.6. The maximum Gasteiger partial charge on any atom is 0.124 e. The Kier molecular flexibility index (Phi) is 4.81. The molecule has 2 atom stereocenters. The smallest absolute Gasteiger partial charge is 0.124 e. The lowest BCUT2D eigenvalue weighted by Crippen LogP contribution is -2.20. The van der Waals surface area contributed by atoms with Gasteiger partial charge in [0.05, 0.1) is 10.4 Å². The predicted octanol–water partition coefficient (Wildman–Crippen LogP) is 3.97. The average molecular weight is 320 g/mol. The second-order valence-corrected chi connectivity index (χ2v) is 6.25. The highest BCUT2D eigenvalue weighted by molar-refractivity contribution is 7.16. The number of nitrogens with two attached hydrogens (primary N) is 1. The van der Waals surface area contributed by atoms with Gasteiger partial charge < -0.3 is 10.8 Å². The van der Waals surface area contributed by atoms with E-state index >= 15 is 0 Å². The van der Waals surface area contributed by atoms with Gasteiger partial charge in [0, 0.05) is 22.4 Å². The minimum Gasteiger partial charge on any atom is -0.387 e. The lowest BCUT2D eigenvalue weighted by atomic mass is 9.92. The van der Waals surface area contributed by atoms with Crippen LogP contribution < -0.4 is 5.73 Å². The number of aliphatic hydroxyl groups is 1. The number of rotatable bonds is 4. The molecule has 102 valence electrons. The first-order chi connectivity index (χ1) is 9.02. The number of halogens is 3. The van der Waals surface area contributed by atoms with Crippen molar-refractivity contribution < 1.29 is 9.50 Å². The van der Waals surface area contributed by atoms with Crippen LogP contribution in [0.2, 0.25) is 9.36 Å². The second-order valence-electron chi connectivity index (χ2n) is 4.09. The van der Waals surface area contributed by atoms with Crippen molar-refractivity contribution in [1.82, 2.24) is 0 Å². The van der Waals surface area contributed by atoms with Crippen LogP contribution in [0.5, 0.6) is 0 Å². The third-order valence-electron chi connectivity index (χ3n) is 2.88. The third kappa shape index (κ3) is 3.27. The number of hydrogen-bond donors (Lipinski definition) is 2. The van der Waals surface area contributed by atoms with E-state index in [4.69, 9.17) is 28.9 Å². The molecule has 0 saturated heterocycles. The van der Waals surface area contributed by atoms with Crippen molar-refractivity contribution in [2.75, 3.05) is 6.54 Å². The predicted molar refractivity (Wildman–Crippen MR) is 77.5 cm³/mol. The summed E-state index contributed by atoms with van der Waals surface area (Å²) < 4.78 is 13.6. The van der Waals surface area contributed by atoms with Crippen LogP contribution in [0.1, 0.15) is 22.5 Å². The largest absolute Gasteiger partial charge is 0.387 e. The number of hydrogen-bond acceptors (Lipinski definition) is 3. The topological polar surface area (TPSA) is 46.2 Å². The molecule has 0 aliphatic carbocycles. The minimum atomic E-state index is -0.814. The van der Waals surface area contributed by atoms with Crippen molar-refractivity contribution in [2.24, 2.45) is 5.73 Å². The van der Waals surface area contributed by atoms with Gasteiger partial charge in [-0.05, 0) is 29.8 Å². The van der Waals surface area contributed by atoms with Crippen molar-refractivity contribution >= 4 is 34.5 Å². The number of thiophene rings is 1. The van der Waals surface area contributed by atoms with Crippen LogP contribution in [0.15, 0.2) is 30.3 Å². The van der Waals surface area contributed by atoms with Crippen molar-refractivity contribution in [3.63, 3.8) is 0 Å². The van der Waals surface area contributed by atoms with Gasteiger partial charge in [-0.25, -0.2) is 4.39 Å². The van der Waals surface area contributed by atoms with Gasteiger partial charge in [0.1, 0.15) is 5.82 Å². The zero-order chi connectivity index (χ0) is 14.0. The fourth-order valence-electron chi connectivity index (χ4n) is 1.91. The number of benzene rings is 1. The molecule has 0 saturated carbocycles. The van der Waals surface area contributed by atoms with Crippen LogP contribution in [0, 0.1) is 5.82 Å². The van der Waals surface area contributed by atoms with Crippen LogP contribution >= 0.6 is 34.5 Å². The summed E-state index contributed by atoms with van der Waals surface area (Å²) in [6.07, 6.45) is -0.814. The first-order valence-electron chi connectivity index (χ1n) is 5.61. The van der Waals surface area contributed by atoms with Crippen molar-refractivity contribution in [3.05, 3.63) is 55.9 Å². The molecule has 3 N–H and O–H groups in total. The Morgan fingerprint density at radius 1 is 1.26 bits per heavy atom. The van der Waals surface area contributed by atoms with E-state index in [-0.39, 0.29) is 11.6 Å². The SMILES string of the molecule is NCC(c1ccc(F)cc1Cl)C(O)c1ccc(Cl)s1. The zero-order valence-electron chi connectivity index (χ0n) is 9.82. The van der Waals surface area contributed by atoms with Crippen LogP contribution in [0.25, 0.3) is 0 Å². The standard InChI is InChI=1S/C13H12Cl2FNOS/c14-10-5-7(16)1-2-8(10)9(6-17)13(18)11-3-4-12(15)19-11/h1-5,9,13,18H,6,17H2. The van der Waals surface area contributed by atoms with Gasteiger partial charge in [0.2, 0.25) is 0 Å². The summed E-state index contributed by atoms with van der Waals surface area (Å²) in [5.41, 5.74) is 6.34. The fourth-order valence-corrected chi connectivity index (χ4v) is 3.33. The van der Waals surface area contributed by atoms with E-state index < -0.39 is 17.8 Å². The summed E-state index contributed by atoms with van der Waals surface area (Å²) in [5.74, 6) is -0.819. The monoisotopic (exact) mass is 319 g/mol. The molecule has 0 bridgehead atoms. The minimum absolute atomic E-state index is 0.196. The van der Waals surface area contributed by atoms with E-state index in [1.807, 2.05) is 0 Å². The summed E-state index contributed by atoms with van der Waals surface area (Å²) in [6.45, 7) is 0.196. The molecule has 6 heteroatoms. The summed E-state index contributed by atoms with van der Waals surface area (Å²) in [7, 11) is 0. The Labute approximate surface area is 124 Å². The van der Waals surface area contributed by atoms with Crippen molar-refractivity contribution in [1.29, 1.82) is 0 Å². The van der Waals surface area contributed by atoms with Crippen LogP contribution in [-0.4, -0.2) is 11.7 Å². The molecule has 2 rings (SSSR count). The van der Waals surface area contributed by atoms with Gasteiger partial charge in [-0.2, -0.15) is 0 Å². The quantitative estimate of drug-likeness (QED) is 0.895. The summed E-state index contributed by atoms with van der Waals surface area (Å²) >= 11 is 13.1. The maximum atomic E-state index is 13.0. The highest BCUT2D eigenvalue weighted by Gasteiger charge is 2.25. The van der Waals surface area contributed by atoms with Crippen molar-refractivity contribution in [3.8, 4) is 0 Å².